The van der Waals surface area contributed by atoms with Crippen LogP contribution in [-0.4, -0.2) is 24.2 Å². The molecule has 0 spiro atoms. The van der Waals surface area contributed by atoms with Gasteiger partial charge in [-0.15, -0.1) is 0 Å². The van der Waals surface area contributed by atoms with E-state index in [1.807, 2.05) is 45.2 Å². The molecular weight excluding hydrogens is 392 g/mol. The molecule has 0 saturated carbocycles. The molecule has 1 N–H and O–H groups in total. The van der Waals surface area contributed by atoms with Gasteiger partial charge in [0.2, 0.25) is 0 Å². The van der Waals surface area contributed by atoms with Gasteiger partial charge in [-0.1, -0.05) is 12.1 Å². The number of fused-ring (bicyclic) bond motifs is 2. The van der Waals surface area contributed by atoms with Crippen LogP contribution in [0.15, 0.2) is 44.1 Å². The van der Waals surface area contributed by atoms with Crippen molar-refractivity contribution in [1.82, 2.24) is 10.3 Å². The summed E-state index contributed by atoms with van der Waals surface area (Å²) in [5.74, 6) is 0.646. The summed E-state index contributed by atoms with van der Waals surface area (Å²) in [7, 11) is 0. The van der Waals surface area contributed by atoms with Gasteiger partial charge >= 0.3 is 5.63 Å². The van der Waals surface area contributed by atoms with E-state index >= 15 is 0 Å². The molecule has 3 aromatic heterocycles. The molecule has 1 aliphatic heterocycles. The molecule has 4 heterocycles. The average molecular weight is 418 g/mol. The zero-order valence-corrected chi connectivity index (χ0v) is 18.1. The lowest BCUT2D eigenvalue weighted by atomic mass is 10.0. The molecule has 1 atom stereocenters. The molecular formula is C25H26N2O4. The van der Waals surface area contributed by atoms with E-state index in [9.17, 15) is 4.79 Å². The predicted octanol–water partition coefficient (Wildman–Crippen LogP) is 4.80. The number of ether oxygens (including phenoxy) is 1. The zero-order valence-electron chi connectivity index (χ0n) is 18.1. The van der Waals surface area contributed by atoms with E-state index in [0.717, 1.165) is 70.3 Å². The van der Waals surface area contributed by atoms with Gasteiger partial charge in [-0.25, -0.2) is 4.79 Å². The maximum atomic E-state index is 12.3. The molecule has 0 aliphatic carbocycles. The highest BCUT2D eigenvalue weighted by Gasteiger charge is 2.18. The summed E-state index contributed by atoms with van der Waals surface area (Å²) in [4.78, 5) is 16.8. The molecule has 6 heteroatoms. The fourth-order valence-corrected chi connectivity index (χ4v) is 4.31. The number of nitrogens with one attached hydrogen (secondary N) is 1. The third kappa shape index (κ3) is 3.66. The molecule has 0 amide bonds. The Bertz CT molecular complexity index is 1330. The highest BCUT2D eigenvalue weighted by molar-refractivity contribution is 5.97. The lowest BCUT2D eigenvalue weighted by Gasteiger charge is -2.11. The molecule has 4 aromatic rings. The number of pyridine rings is 1. The molecule has 5 rings (SSSR count). The third-order valence-electron chi connectivity index (χ3n) is 6.23. The number of benzene rings is 1. The van der Waals surface area contributed by atoms with E-state index in [-0.39, 0.29) is 11.7 Å². The van der Waals surface area contributed by atoms with Crippen LogP contribution in [0.2, 0.25) is 0 Å². The minimum atomic E-state index is -0.384. The number of aromatic nitrogens is 1. The SMILES string of the molecule is Cc1ccc2c(-c3cc4c(CNC[C@H]5CCCO5)cnc(C)c4o3)cc(=O)oc2c1C. The van der Waals surface area contributed by atoms with Gasteiger partial charge in [0.05, 0.1) is 11.8 Å². The van der Waals surface area contributed by atoms with E-state index < -0.39 is 0 Å². The second-order valence-corrected chi connectivity index (χ2v) is 8.35. The topological polar surface area (TPSA) is 77.5 Å². The number of aryl methyl sites for hydroxylation is 3. The first-order chi connectivity index (χ1) is 15.0. The van der Waals surface area contributed by atoms with Crippen LogP contribution in [0.3, 0.4) is 0 Å². The first-order valence-electron chi connectivity index (χ1n) is 10.8. The first kappa shape index (κ1) is 20.0. The Morgan fingerprint density at radius 3 is 2.77 bits per heavy atom. The quantitative estimate of drug-likeness (QED) is 0.469. The van der Waals surface area contributed by atoms with Crippen molar-refractivity contribution in [3.63, 3.8) is 0 Å². The minimum absolute atomic E-state index is 0.287. The van der Waals surface area contributed by atoms with Gasteiger partial charge in [0.1, 0.15) is 11.3 Å². The fraction of sp³-hybridized carbons (Fsp3) is 0.360. The van der Waals surface area contributed by atoms with Crippen molar-refractivity contribution in [2.24, 2.45) is 0 Å². The van der Waals surface area contributed by atoms with Crippen molar-refractivity contribution < 1.29 is 13.6 Å². The second kappa shape index (κ2) is 7.94. The van der Waals surface area contributed by atoms with Crippen LogP contribution in [0.25, 0.3) is 33.3 Å². The number of hydrogen-bond acceptors (Lipinski definition) is 6. The Morgan fingerprint density at radius 2 is 1.97 bits per heavy atom. The summed E-state index contributed by atoms with van der Waals surface area (Å²) in [5, 5.41) is 5.36. The summed E-state index contributed by atoms with van der Waals surface area (Å²) in [6.07, 6.45) is 4.42. The van der Waals surface area contributed by atoms with Crippen molar-refractivity contribution in [1.29, 1.82) is 0 Å². The number of rotatable bonds is 5. The van der Waals surface area contributed by atoms with Crippen LogP contribution in [0.4, 0.5) is 0 Å². The Hall–Kier alpha value is -2.96. The van der Waals surface area contributed by atoms with Gasteiger partial charge in [-0.3, -0.25) is 4.98 Å². The Kier molecular flexibility index (Phi) is 5.12. The maximum absolute atomic E-state index is 12.3. The maximum Gasteiger partial charge on any atom is 0.336 e. The Labute approximate surface area is 180 Å². The van der Waals surface area contributed by atoms with Gasteiger partial charge < -0.3 is 18.9 Å². The van der Waals surface area contributed by atoms with Crippen molar-refractivity contribution in [3.8, 4) is 11.3 Å². The van der Waals surface area contributed by atoms with Gasteiger partial charge in [-0.2, -0.15) is 0 Å². The van der Waals surface area contributed by atoms with E-state index in [1.165, 1.54) is 6.07 Å². The second-order valence-electron chi connectivity index (χ2n) is 8.35. The summed E-state index contributed by atoms with van der Waals surface area (Å²) in [6, 6.07) is 7.54. The summed E-state index contributed by atoms with van der Waals surface area (Å²) in [6.45, 7) is 8.26. The van der Waals surface area contributed by atoms with Gasteiger partial charge in [-0.05, 0) is 56.4 Å². The van der Waals surface area contributed by atoms with Gasteiger partial charge in [0.25, 0.3) is 0 Å². The number of furan rings is 1. The van der Waals surface area contributed by atoms with Crippen LogP contribution in [0.5, 0.6) is 0 Å². The molecule has 1 aromatic carbocycles. The molecule has 31 heavy (non-hydrogen) atoms. The zero-order chi connectivity index (χ0) is 21.5. The van der Waals surface area contributed by atoms with Crippen molar-refractivity contribution in [3.05, 3.63) is 63.3 Å². The molecule has 0 unspecified atom stereocenters. The van der Waals surface area contributed by atoms with Crippen molar-refractivity contribution >= 4 is 21.9 Å². The molecule has 1 saturated heterocycles. The minimum Gasteiger partial charge on any atom is -0.454 e. The van der Waals surface area contributed by atoms with Crippen molar-refractivity contribution in [2.75, 3.05) is 13.2 Å². The number of nitrogens with zero attached hydrogens (tertiary/aromatic N) is 1. The standard InChI is InChI=1S/C25H26N2O4/c1-14-6-7-19-21(10-23(28)31-24(19)15(14)2)22-9-20-17(12-27-16(3)25(20)30-22)11-26-13-18-5-4-8-29-18/h6-7,9-10,12,18,26H,4-5,8,11,13H2,1-3H3/t18-/m1/s1. The van der Waals surface area contributed by atoms with Crippen LogP contribution < -0.4 is 10.9 Å². The predicted molar refractivity (Wildman–Crippen MR) is 120 cm³/mol. The van der Waals surface area contributed by atoms with Crippen LogP contribution in [-0.2, 0) is 11.3 Å². The average Bonchev–Trinajstić information content (AvgIpc) is 3.43. The normalized spacial score (nSPS) is 16.5. The van der Waals surface area contributed by atoms with E-state index in [2.05, 4.69) is 10.3 Å². The van der Waals surface area contributed by atoms with E-state index in [0.29, 0.717) is 17.9 Å². The fourth-order valence-electron chi connectivity index (χ4n) is 4.31. The van der Waals surface area contributed by atoms with E-state index in [1.54, 1.807) is 0 Å². The molecule has 6 nitrogen and oxygen atoms in total. The Balaban J connectivity index is 1.56. The smallest absolute Gasteiger partial charge is 0.336 e. The highest BCUT2D eigenvalue weighted by Crippen LogP contribution is 2.35. The van der Waals surface area contributed by atoms with E-state index in [4.69, 9.17) is 13.6 Å². The molecule has 160 valence electrons. The van der Waals surface area contributed by atoms with Crippen molar-refractivity contribution in [2.45, 2.75) is 46.3 Å². The molecule has 1 fully saturated rings. The monoisotopic (exact) mass is 418 g/mol. The number of hydrogen-bond donors (Lipinski definition) is 1. The largest absolute Gasteiger partial charge is 0.454 e. The third-order valence-corrected chi connectivity index (χ3v) is 6.23. The summed E-state index contributed by atoms with van der Waals surface area (Å²) >= 11 is 0. The summed E-state index contributed by atoms with van der Waals surface area (Å²) < 4.78 is 17.5. The Morgan fingerprint density at radius 1 is 1.10 bits per heavy atom. The first-order valence-corrected chi connectivity index (χ1v) is 10.8. The lowest BCUT2D eigenvalue weighted by Crippen LogP contribution is -2.25. The lowest BCUT2D eigenvalue weighted by molar-refractivity contribution is 0.110. The molecule has 0 bridgehead atoms. The van der Waals surface area contributed by atoms with Crippen LogP contribution in [0.1, 0.15) is 35.2 Å². The summed E-state index contributed by atoms with van der Waals surface area (Å²) in [5.41, 5.74) is 5.64. The van der Waals surface area contributed by atoms with Gasteiger partial charge in [0.15, 0.2) is 5.58 Å². The molecule has 1 aliphatic rings. The van der Waals surface area contributed by atoms with Crippen LogP contribution >= 0.6 is 0 Å². The van der Waals surface area contributed by atoms with Crippen LogP contribution in [0, 0.1) is 20.8 Å². The van der Waals surface area contributed by atoms with Gasteiger partial charge in [0, 0.05) is 48.3 Å². The molecule has 0 radical (unpaired) electrons. The highest BCUT2D eigenvalue weighted by atomic mass is 16.5.